The lowest BCUT2D eigenvalue weighted by Crippen LogP contribution is -2.33. The summed E-state index contributed by atoms with van der Waals surface area (Å²) in [5.41, 5.74) is 7.19. The van der Waals surface area contributed by atoms with Gasteiger partial charge in [-0.05, 0) is 31.4 Å². The number of aryl methyl sites for hydroxylation is 1. The number of aromatic nitrogens is 1. The summed E-state index contributed by atoms with van der Waals surface area (Å²) < 4.78 is 0. The second-order valence-corrected chi connectivity index (χ2v) is 5.39. The molecule has 4 nitrogen and oxygen atoms in total. The Bertz CT molecular complexity index is 616. The van der Waals surface area contributed by atoms with E-state index in [9.17, 15) is 4.79 Å². The van der Waals surface area contributed by atoms with Gasteiger partial charge < -0.3 is 11.1 Å². The minimum Gasteiger partial charge on any atom is -0.384 e. The number of nitrogens with zero attached hydrogens (tertiary/aromatic N) is 1. The van der Waals surface area contributed by atoms with E-state index in [-0.39, 0.29) is 17.8 Å². The summed E-state index contributed by atoms with van der Waals surface area (Å²) in [6.45, 7) is 1.97. The predicted octanol–water partition coefficient (Wildman–Crippen LogP) is 3.07. The van der Waals surface area contributed by atoms with Crippen molar-refractivity contribution in [3.05, 3.63) is 58.7 Å². The Balaban J connectivity index is 1.91. The second-order valence-electron chi connectivity index (χ2n) is 4.99. The Morgan fingerprint density at radius 3 is 2.81 bits per heavy atom. The van der Waals surface area contributed by atoms with Crippen LogP contribution in [0.25, 0.3) is 0 Å². The molecule has 0 radical (unpaired) electrons. The zero-order chi connectivity index (χ0) is 15.2. The number of nitrogens with two attached hydrogens (primary N) is 1. The van der Waals surface area contributed by atoms with E-state index in [1.807, 2.05) is 25.1 Å². The van der Waals surface area contributed by atoms with Gasteiger partial charge in [0.15, 0.2) is 0 Å². The summed E-state index contributed by atoms with van der Waals surface area (Å²) in [6, 6.07) is 11.7. The van der Waals surface area contributed by atoms with Gasteiger partial charge in [0.1, 0.15) is 5.82 Å². The normalized spacial score (nSPS) is 11.9. The van der Waals surface area contributed by atoms with Crippen LogP contribution < -0.4 is 11.1 Å². The fraction of sp³-hybridized carbons (Fsp3) is 0.250. The van der Waals surface area contributed by atoms with E-state index in [0.29, 0.717) is 10.6 Å². The van der Waals surface area contributed by atoms with E-state index in [0.717, 1.165) is 12.8 Å². The fourth-order valence-corrected chi connectivity index (χ4v) is 2.22. The van der Waals surface area contributed by atoms with Crippen molar-refractivity contribution >= 4 is 23.3 Å². The highest BCUT2D eigenvalue weighted by Gasteiger charge is 2.14. The number of nitrogen functional groups attached to an aromatic ring is 1. The van der Waals surface area contributed by atoms with Crippen molar-refractivity contribution in [3.8, 4) is 0 Å². The van der Waals surface area contributed by atoms with E-state index in [4.69, 9.17) is 17.3 Å². The van der Waals surface area contributed by atoms with Crippen LogP contribution in [-0.2, 0) is 6.42 Å². The average molecular weight is 304 g/mol. The molecule has 21 heavy (non-hydrogen) atoms. The van der Waals surface area contributed by atoms with Crippen LogP contribution in [0, 0.1) is 0 Å². The molecule has 0 spiro atoms. The molecule has 1 heterocycles. The van der Waals surface area contributed by atoms with Crippen molar-refractivity contribution < 1.29 is 4.79 Å². The van der Waals surface area contributed by atoms with E-state index in [1.165, 1.54) is 17.8 Å². The minimum absolute atomic E-state index is 0.0446. The minimum atomic E-state index is -0.227. The smallest absolute Gasteiger partial charge is 0.253 e. The maximum atomic E-state index is 12.2. The molecule has 1 unspecified atom stereocenters. The van der Waals surface area contributed by atoms with Crippen LogP contribution in [0.4, 0.5) is 5.82 Å². The molecule has 0 saturated carbocycles. The molecule has 1 atom stereocenters. The standard InChI is InChI=1S/C16H18ClN3O/c1-11(7-8-12-5-3-2-4-6-12)20-16(21)13-9-15(18)19-10-14(13)17/h2-6,9-11H,7-8H2,1H3,(H2,18,19)(H,20,21). The second kappa shape index (κ2) is 7.09. The zero-order valence-corrected chi connectivity index (χ0v) is 12.6. The molecule has 2 rings (SSSR count). The number of carbonyl (C=O) groups is 1. The van der Waals surface area contributed by atoms with Gasteiger partial charge in [0.2, 0.25) is 0 Å². The SMILES string of the molecule is CC(CCc1ccccc1)NC(=O)c1cc(N)ncc1Cl. The third kappa shape index (κ3) is 4.46. The lowest BCUT2D eigenvalue weighted by atomic mass is 10.1. The molecule has 0 aliphatic rings. The van der Waals surface area contributed by atoms with Crippen LogP contribution in [-0.4, -0.2) is 16.9 Å². The van der Waals surface area contributed by atoms with Crippen molar-refractivity contribution in [2.75, 3.05) is 5.73 Å². The molecule has 0 aliphatic carbocycles. The van der Waals surface area contributed by atoms with Gasteiger partial charge in [-0.2, -0.15) is 0 Å². The highest BCUT2D eigenvalue weighted by Crippen LogP contribution is 2.16. The average Bonchev–Trinajstić information content (AvgIpc) is 2.48. The van der Waals surface area contributed by atoms with Crippen molar-refractivity contribution in [2.45, 2.75) is 25.8 Å². The first-order valence-electron chi connectivity index (χ1n) is 6.82. The number of amides is 1. The molecule has 1 aromatic carbocycles. The maximum Gasteiger partial charge on any atom is 0.253 e. The van der Waals surface area contributed by atoms with Gasteiger partial charge in [-0.3, -0.25) is 4.79 Å². The molecule has 0 fully saturated rings. The lowest BCUT2D eigenvalue weighted by Gasteiger charge is -2.14. The van der Waals surface area contributed by atoms with Gasteiger partial charge in [0.25, 0.3) is 5.91 Å². The van der Waals surface area contributed by atoms with Gasteiger partial charge in [0.05, 0.1) is 10.6 Å². The number of benzene rings is 1. The first kappa shape index (κ1) is 15.3. The van der Waals surface area contributed by atoms with E-state index < -0.39 is 0 Å². The van der Waals surface area contributed by atoms with E-state index >= 15 is 0 Å². The maximum absolute atomic E-state index is 12.2. The number of anilines is 1. The van der Waals surface area contributed by atoms with Crippen LogP contribution in [0.5, 0.6) is 0 Å². The summed E-state index contributed by atoms with van der Waals surface area (Å²) in [7, 11) is 0. The number of hydrogen-bond acceptors (Lipinski definition) is 3. The first-order chi connectivity index (χ1) is 10.1. The Kier molecular flexibility index (Phi) is 5.17. The van der Waals surface area contributed by atoms with Gasteiger partial charge >= 0.3 is 0 Å². The van der Waals surface area contributed by atoms with Crippen LogP contribution in [0.15, 0.2) is 42.6 Å². The monoisotopic (exact) mass is 303 g/mol. The first-order valence-corrected chi connectivity index (χ1v) is 7.20. The van der Waals surface area contributed by atoms with Gasteiger partial charge in [-0.25, -0.2) is 4.98 Å². The van der Waals surface area contributed by atoms with Gasteiger partial charge in [-0.15, -0.1) is 0 Å². The number of nitrogens with one attached hydrogen (secondary N) is 1. The van der Waals surface area contributed by atoms with Crippen LogP contribution >= 0.6 is 11.6 Å². The number of hydrogen-bond donors (Lipinski definition) is 2. The Morgan fingerprint density at radius 2 is 2.10 bits per heavy atom. The number of carbonyl (C=O) groups excluding carboxylic acids is 1. The molecular formula is C16H18ClN3O. The quantitative estimate of drug-likeness (QED) is 0.892. The topological polar surface area (TPSA) is 68.0 Å². The molecule has 2 aromatic rings. The van der Waals surface area contributed by atoms with E-state index in [2.05, 4.69) is 22.4 Å². The van der Waals surface area contributed by atoms with E-state index in [1.54, 1.807) is 0 Å². The highest BCUT2D eigenvalue weighted by molar-refractivity contribution is 6.33. The highest BCUT2D eigenvalue weighted by atomic mass is 35.5. The Labute approximate surface area is 129 Å². The summed E-state index contributed by atoms with van der Waals surface area (Å²) in [5, 5.41) is 3.23. The van der Waals surface area contributed by atoms with Crippen molar-refractivity contribution in [3.63, 3.8) is 0 Å². The molecule has 110 valence electrons. The third-order valence-corrected chi connectivity index (χ3v) is 3.51. The molecule has 0 bridgehead atoms. The van der Waals surface area contributed by atoms with Crippen LogP contribution in [0.3, 0.4) is 0 Å². The Hall–Kier alpha value is -2.07. The molecular weight excluding hydrogens is 286 g/mol. The fourth-order valence-electron chi connectivity index (χ4n) is 2.03. The zero-order valence-electron chi connectivity index (χ0n) is 11.8. The third-order valence-electron chi connectivity index (χ3n) is 3.21. The Morgan fingerprint density at radius 1 is 1.38 bits per heavy atom. The van der Waals surface area contributed by atoms with Gasteiger partial charge in [0, 0.05) is 12.2 Å². The summed E-state index contributed by atoms with van der Waals surface area (Å²) in [4.78, 5) is 16.0. The molecule has 1 amide bonds. The van der Waals surface area contributed by atoms with Gasteiger partial charge in [-0.1, -0.05) is 41.9 Å². The van der Waals surface area contributed by atoms with Crippen molar-refractivity contribution in [1.29, 1.82) is 0 Å². The number of pyridine rings is 1. The number of halogens is 1. The largest absolute Gasteiger partial charge is 0.384 e. The molecule has 1 aromatic heterocycles. The predicted molar refractivity (Wildman–Crippen MR) is 85.4 cm³/mol. The summed E-state index contributed by atoms with van der Waals surface area (Å²) >= 11 is 5.97. The van der Waals surface area contributed by atoms with Crippen LogP contribution in [0.1, 0.15) is 29.3 Å². The molecule has 3 N–H and O–H groups in total. The molecule has 0 aliphatic heterocycles. The van der Waals surface area contributed by atoms with Crippen LogP contribution in [0.2, 0.25) is 5.02 Å². The number of rotatable bonds is 5. The lowest BCUT2D eigenvalue weighted by molar-refractivity contribution is 0.0938. The van der Waals surface area contributed by atoms with Crippen molar-refractivity contribution in [2.24, 2.45) is 0 Å². The summed E-state index contributed by atoms with van der Waals surface area (Å²) in [6.07, 6.45) is 3.16. The van der Waals surface area contributed by atoms with Crippen molar-refractivity contribution in [1.82, 2.24) is 10.3 Å². The molecule has 0 saturated heterocycles. The molecule has 5 heteroatoms. The summed E-state index contributed by atoms with van der Waals surface area (Å²) in [5.74, 6) is 0.0520.